The second kappa shape index (κ2) is 10.9. The quantitative estimate of drug-likeness (QED) is 0.689. The zero-order valence-electron chi connectivity index (χ0n) is 19.4. The molecule has 174 valence electrons. The van der Waals surface area contributed by atoms with E-state index in [1.165, 1.54) is 11.1 Å². The van der Waals surface area contributed by atoms with Crippen molar-refractivity contribution in [2.45, 2.75) is 58.3 Å². The smallest absolute Gasteiger partial charge is 0.296 e. The van der Waals surface area contributed by atoms with Gasteiger partial charge in [-0.2, -0.15) is 0 Å². The summed E-state index contributed by atoms with van der Waals surface area (Å²) < 4.78 is 0. The minimum Gasteiger partial charge on any atom is -0.296 e. The van der Waals surface area contributed by atoms with Gasteiger partial charge in [0, 0.05) is 25.1 Å². The molecule has 2 aliphatic rings. The van der Waals surface area contributed by atoms with Crippen molar-refractivity contribution in [2.24, 2.45) is 0 Å². The highest BCUT2D eigenvalue weighted by molar-refractivity contribution is 6.05. The number of hydrogen-bond acceptors (Lipinski definition) is 4. The maximum atomic E-state index is 11.7. The maximum Gasteiger partial charge on any atom is 0.328 e. The van der Waals surface area contributed by atoms with Gasteiger partial charge in [-0.1, -0.05) is 57.2 Å². The van der Waals surface area contributed by atoms with Crippen molar-refractivity contribution in [2.75, 3.05) is 11.4 Å². The van der Waals surface area contributed by atoms with E-state index in [0.717, 1.165) is 17.7 Å². The number of carbonyl (C=O) groups is 4. The molecule has 1 atom stereocenters. The molecule has 0 spiro atoms. The Morgan fingerprint density at radius 3 is 2.24 bits per heavy atom. The minimum atomic E-state index is -0.329. The van der Waals surface area contributed by atoms with Crippen LogP contribution in [0.5, 0.6) is 0 Å². The second-order valence-corrected chi connectivity index (χ2v) is 8.60. The Morgan fingerprint density at radius 2 is 1.64 bits per heavy atom. The number of piperidine rings is 1. The molecule has 0 bridgehead atoms. The zero-order chi connectivity index (χ0) is 24.0. The number of amides is 5. The van der Waals surface area contributed by atoms with Gasteiger partial charge in [0.2, 0.25) is 17.7 Å². The predicted octanol–water partition coefficient (Wildman–Crippen LogP) is 4.03. The normalized spacial score (nSPS) is 18.4. The van der Waals surface area contributed by atoms with Crippen molar-refractivity contribution in [1.29, 1.82) is 0 Å². The van der Waals surface area contributed by atoms with E-state index < -0.39 is 0 Å². The van der Waals surface area contributed by atoms with E-state index in [4.69, 9.17) is 0 Å². The largest absolute Gasteiger partial charge is 0.328 e. The lowest BCUT2D eigenvalue weighted by Gasteiger charge is -2.26. The topological polar surface area (TPSA) is 95.6 Å². The van der Waals surface area contributed by atoms with Crippen molar-refractivity contribution in [3.63, 3.8) is 0 Å². The van der Waals surface area contributed by atoms with Crippen LogP contribution in [0.3, 0.4) is 0 Å². The third-order valence-electron chi connectivity index (χ3n) is 5.93. The van der Waals surface area contributed by atoms with E-state index in [9.17, 15) is 19.2 Å². The third-order valence-corrected chi connectivity index (χ3v) is 5.93. The standard InChI is InChI=1S/C14H17NO2.C12H14N2O2/c1-9(2)10-3-5-11(6-4-10)12-7-8-13(16)15-14(12)17;1-2-9-4-3-5-10(8-9)14-7-6-11(15)13-12(14)16/h3-6,9,12H,7-8H2,1-2H3,(H,15,16,17);3-5,8H,2,6-7H2,1H3,(H,13,15,16). The van der Waals surface area contributed by atoms with Crippen LogP contribution in [0.25, 0.3) is 0 Å². The Kier molecular flexibility index (Phi) is 7.98. The minimum absolute atomic E-state index is 0.162. The first kappa shape index (κ1) is 24.2. The van der Waals surface area contributed by atoms with E-state index in [1.807, 2.05) is 36.4 Å². The fourth-order valence-corrected chi connectivity index (χ4v) is 3.88. The number of carbonyl (C=O) groups excluding carboxylic acids is 4. The summed E-state index contributed by atoms with van der Waals surface area (Å²) in [6.45, 7) is 6.80. The van der Waals surface area contributed by atoms with Gasteiger partial charge in [-0.25, -0.2) is 4.79 Å². The van der Waals surface area contributed by atoms with Gasteiger partial charge >= 0.3 is 6.03 Å². The molecule has 0 saturated carbocycles. The maximum absolute atomic E-state index is 11.7. The Morgan fingerprint density at radius 1 is 0.939 bits per heavy atom. The van der Waals surface area contributed by atoms with Gasteiger partial charge in [0.25, 0.3) is 0 Å². The van der Waals surface area contributed by atoms with Crippen LogP contribution in [0.15, 0.2) is 48.5 Å². The summed E-state index contributed by atoms with van der Waals surface area (Å²) in [6, 6.07) is 15.6. The number of nitrogens with zero attached hydrogens (tertiary/aromatic N) is 1. The molecular formula is C26H31N3O4. The van der Waals surface area contributed by atoms with Gasteiger partial charge in [-0.15, -0.1) is 0 Å². The fourth-order valence-electron chi connectivity index (χ4n) is 3.88. The third kappa shape index (κ3) is 6.28. The van der Waals surface area contributed by atoms with Crippen LogP contribution < -0.4 is 15.5 Å². The molecule has 2 aromatic rings. The number of urea groups is 1. The van der Waals surface area contributed by atoms with Crippen molar-refractivity contribution in [3.8, 4) is 0 Å². The predicted molar refractivity (Wildman–Crippen MR) is 127 cm³/mol. The van der Waals surface area contributed by atoms with Crippen LogP contribution in [-0.4, -0.2) is 30.3 Å². The lowest BCUT2D eigenvalue weighted by molar-refractivity contribution is -0.134. The Labute approximate surface area is 194 Å². The number of imide groups is 2. The number of hydrogen-bond donors (Lipinski definition) is 2. The number of nitrogens with one attached hydrogen (secondary N) is 2. The average molecular weight is 450 g/mol. The van der Waals surface area contributed by atoms with Gasteiger partial charge in [0.15, 0.2) is 0 Å². The summed E-state index contributed by atoms with van der Waals surface area (Å²) in [4.78, 5) is 47.0. The van der Waals surface area contributed by atoms with Crippen molar-refractivity contribution >= 4 is 29.4 Å². The van der Waals surface area contributed by atoms with E-state index in [1.54, 1.807) is 4.90 Å². The van der Waals surface area contributed by atoms with Crippen molar-refractivity contribution in [3.05, 3.63) is 65.2 Å². The number of rotatable bonds is 4. The SMILES string of the molecule is CC(C)c1ccc(C2CCC(=O)NC2=O)cc1.CCc1cccc(N2CCC(=O)NC2=O)c1. The molecule has 0 radical (unpaired) electrons. The van der Waals surface area contributed by atoms with Crippen LogP contribution in [0.2, 0.25) is 0 Å². The molecule has 2 heterocycles. The first-order valence-corrected chi connectivity index (χ1v) is 11.4. The summed E-state index contributed by atoms with van der Waals surface area (Å²) in [6.07, 6.45) is 2.35. The van der Waals surface area contributed by atoms with Crippen LogP contribution in [0, 0.1) is 0 Å². The van der Waals surface area contributed by atoms with E-state index in [0.29, 0.717) is 31.7 Å². The molecule has 2 aliphatic heterocycles. The molecule has 2 N–H and O–H groups in total. The molecule has 2 fully saturated rings. The van der Waals surface area contributed by atoms with E-state index in [-0.39, 0.29) is 29.7 Å². The molecule has 4 rings (SSSR count). The highest BCUT2D eigenvalue weighted by atomic mass is 16.2. The number of anilines is 1. The van der Waals surface area contributed by atoms with E-state index in [2.05, 4.69) is 43.5 Å². The molecule has 5 amide bonds. The molecule has 33 heavy (non-hydrogen) atoms. The molecule has 7 heteroatoms. The van der Waals surface area contributed by atoms with Gasteiger partial charge in [0.1, 0.15) is 0 Å². The van der Waals surface area contributed by atoms with Gasteiger partial charge < -0.3 is 0 Å². The summed E-state index contributed by atoms with van der Waals surface area (Å²) in [7, 11) is 0. The van der Waals surface area contributed by atoms with Crippen LogP contribution in [0.4, 0.5) is 10.5 Å². The lowest BCUT2D eigenvalue weighted by atomic mass is 9.89. The molecule has 1 unspecified atom stereocenters. The zero-order valence-corrected chi connectivity index (χ0v) is 19.4. The highest BCUT2D eigenvalue weighted by Gasteiger charge is 2.27. The summed E-state index contributed by atoms with van der Waals surface area (Å²) in [5, 5.41) is 4.70. The number of aryl methyl sites for hydroxylation is 1. The van der Waals surface area contributed by atoms with Crippen LogP contribution in [-0.2, 0) is 20.8 Å². The Bertz CT molecular complexity index is 1030. The van der Waals surface area contributed by atoms with Crippen LogP contribution >= 0.6 is 0 Å². The van der Waals surface area contributed by atoms with Gasteiger partial charge in [-0.05, 0) is 47.6 Å². The molecule has 2 aromatic carbocycles. The summed E-state index contributed by atoms with van der Waals surface area (Å²) in [5.41, 5.74) is 4.30. The molecule has 7 nitrogen and oxygen atoms in total. The van der Waals surface area contributed by atoms with E-state index >= 15 is 0 Å². The monoisotopic (exact) mass is 449 g/mol. The molecule has 0 aliphatic carbocycles. The summed E-state index contributed by atoms with van der Waals surface area (Å²) in [5.74, 6) is -0.212. The number of benzene rings is 2. The van der Waals surface area contributed by atoms with Crippen molar-refractivity contribution in [1.82, 2.24) is 10.6 Å². The molecular weight excluding hydrogens is 418 g/mol. The molecule has 2 saturated heterocycles. The molecule has 0 aromatic heterocycles. The average Bonchev–Trinajstić information content (AvgIpc) is 2.80. The van der Waals surface area contributed by atoms with Crippen molar-refractivity contribution < 1.29 is 19.2 Å². The lowest BCUT2D eigenvalue weighted by Crippen LogP contribution is -2.49. The van der Waals surface area contributed by atoms with Gasteiger partial charge in [0.05, 0.1) is 5.92 Å². The summed E-state index contributed by atoms with van der Waals surface area (Å²) >= 11 is 0. The second-order valence-electron chi connectivity index (χ2n) is 8.60. The Hall–Kier alpha value is -3.48. The first-order valence-electron chi connectivity index (χ1n) is 11.4. The fraction of sp³-hybridized carbons (Fsp3) is 0.385. The highest BCUT2D eigenvalue weighted by Crippen LogP contribution is 2.26. The van der Waals surface area contributed by atoms with Crippen LogP contribution in [0.1, 0.15) is 68.6 Å². The first-order chi connectivity index (χ1) is 15.8. The Balaban J connectivity index is 0.000000186. The van der Waals surface area contributed by atoms with Gasteiger partial charge in [-0.3, -0.25) is 29.9 Å².